The number of fused-ring (bicyclic) bond motifs is 1. The zero-order valence-corrected chi connectivity index (χ0v) is 19.3. The Hall–Kier alpha value is -1.44. The predicted molar refractivity (Wildman–Crippen MR) is 116 cm³/mol. The topological polar surface area (TPSA) is 113 Å². The first-order chi connectivity index (χ1) is 14.7. The molecule has 0 bridgehead atoms. The molecule has 0 spiro atoms. The van der Waals surface area contributed by atoms with Gasteiger partial charge in [-0.25, -0.2) is 0 Å². The Bertz CT molecular complexity index is 619. The molecule has 2 rings (SSSR count). The molecule has 0 heterocycles. The van der Waals surface area contributed by atoms with E-state index in [0.29, 0.717) is 32.1 Å². The van der Waals surface area contributed by atoms with E-state index in [0.717, 1.165) is 0 Å². The normalized spacial score (nSPS) is 33.1. The van der Waals surface area contributed by atoms with Crippen molar-refractivity contribution in [1.29, 1.82) is 0 Å². The number of esters is 2. The van der Waals surface area contributed by atoms with Crippen molar-refractivity contribution in [2.75, 3.05) is 7.11 Å². The molecule has 7 nitrogen and oxygen atoms in total. The third-order valence-corrected chi connectivity index (χ3v) is 7.09. The highest BCUT2D eigenvalue weighted by atomic mass is 16.5. The van der Waals surface area contributed by atoms with Gasteiger partial charge in [0.2, 0.25) is 0 Å². The fourth-order valence-corrected chi connectivity index (χ4v) is 5.07. The van der Waals surface area contributed by atoms with Gasteiger partial charge in [0.05, 0.1) is 37.8 Å². The predicted octanol–water partition coefficient (Wildman–Crippen LogP) is 2.61. The summed E-state index contributed by atoms with van der Waals surface area (Å²) in [6.07, 6.45) is 4.81. The van der Waals surface area contributed by atoms with Crippen molar-refractivity contribution in [3.63, 3.8) is 0 Å². The molecule has 0 radical (unpaired) electrons. The summed E-state index contributed by atoms with van der Waals surface area (Å²) < 4.78 is 10.5. The van der Waals surface area contributed by atoms with Gasteiger partial charge in [-0.2, -0.15) is 0 Å². The van der Waals surface area contributed by atoms with Crippen LogP contribution in [0, 0.1) is 29.6 Å². The van der Waals surface area contributed by atoms with Crippen LogP contribution in [0.25, 0.3) is 0 Å². The maximum Gasteiger partial charge on any atom is 0.308 e. The molecule has 7 heteroatoms. The Morgan fingerprint density at radius 3 is 2.52 bits per heavy atom. The monoisotopic (exact) mass is 440 g/mol. The Labute approximate surface area is 185 Å². The molecule has 1 saturated carbocycles. The number of hydrogen-bond donors (Lipinski definition) is 3. The van der Waals surface area contributed by atoms with Gasteiger partial charge in [-0.05, 0) is 49.9 Å². The molecular formula is C24H40O7. The molecular weight excluding hydrogens is 400 g/mol. The van der Waals surface area contributed by atoms with Crippen molar-refractivity contribution >= 4 is 11.9 Å². The van der Waals surface area contributed by atoms with E-state index in [4.69, 9.17) is 4.74 Å². The van der Waals surface area contributed by atoms with Crippen LogP contribution in [0.4, 0.5) is 0 Å². The summed E-state index contributed by atoms with van der Waals surface area (Å²) in [5, 5.41) is 30.8. The van der Waals surface area contributed by atoms with Gasteiger partial charge in [0.25, 0.3) is 0 Å². The molecule has 0 saturated heterocycles. The molecule has 0 aromatic carbocycles. The van der Waals surface area contributed by atoms with E-state index >= 15 is 0 Å². The minimum atomic E-state index is -0.937. The Kier molecular flexibility index (Phi) is 9.97. The summed E-state index contributed by atoms with van der Waals surface area (Å²) in [6, 6.07) is 0. The van der Waals surface area contributed by atoms with Crippen LogP contribution in [0.3, 0.4) is 0 Å². The van der Waals surface area contributed by atoms with Crippen LogP contribution in [0.15, 0.2) is 12.2 Å². The van der Waals surface area contributed by atoms with Crippen molar-refractivity contribution in [2.45, 2.75) is 90.1 Å². The molecule has 2 aliphatic rings. The second-order valence-electron chi connectivity index (χ2n) is 9.46. The third-order valence-electron chi connectivity index (χ3n) is 7.09. The zero-order chi connectivity index (χ0) is 23.1. The highest BCUT2D eigenvalue weighted by Crippen LogP contribution is 2.46. The number of methoxy groups -OCH3 is 1. The maximum absolute atomic E-state index is 12.5. The van der Waals surface area contributed by atoms with Crippen LogP contribution in [0.5, 0.6) is 0 Å². The van der Waals surface area contributed by atoms with E-state index in [-0.39, 0.29) is 54.5 Å². The first-order valence-corrected chi connectivity index (χ1v) is 11.7. The van der Waals surface area contributed by atoms with Crippen molar-refractivity contribution in [1.82, 2.24) is 0 Å². The van der Waals surface area contributed by atoms with Gasteiger partial charge in [-0.3, -0.25) is 9.59 Å². The molecule has 2 aliphatic carbocycles. The smallest absolute Gasteiger partial charge is 0.308 e. The Morgan fingerprint density at radius 1 is 1.16 bits per heavy atom. The highest BCUT2D eigenvalue weighted by molar-refractivity contribution is 5.72. The van der Waals surface area contributed by atoms with Crippen LogP contribution in [0.2, 0.25) is 0 Å². The molecule has 0 aromatic rings. The van der Waals surface area contributed by atoms with Crippen LogP contribution >= 0.6 is 0 Å². The molecule has 0 aromatic heterocycles. The fourth-order valence-electron chi connectivity index (χ4n) is 5.07. The van der Waals surface area contributed by atoms with E-state index in [1.165, 1.54) is 7.11 Å². The van der Waals surface area contributed by atoms with Crippen molar-refractivity contribution in [3.05, 3.63) is 12.2 Å². The lowest BCUT2D eigenvalue weighted by molar-refractivity contribution is -0.166. The SMILES string of the molecule is CC[C@H](C)C(=O)O[C@H]1C[C@H](O)C[C@@H]2C=C[C@H](C)[C@H](CC[C@@H](O)C[C@@H](O)CC(=O)OC)[C@@H]12. The zero-order valence-electron chi connectivity index (χ0n) is 19.3. The lowest BCUT2D eigenvalue weighted by Gasteiger charge is -2.47. The second-order valence-corrected chi connectivity index (χ2v) is 9.46. The molecule has 0 unspecified atom stereocenters. The van der Waals surface area contributed by atoms with Crippen molar-refractivity contribution < 1.29 is 34.4 Å². The van der Waals surface area contributed by atoms with Gasteiger partial charge in [0.15, 0.2) is 0 Å². The average molecular weight is 441 g/mol. The summed E-state index contributed by atoms with van der Waals surface area (Å²) in [6.45, 7) is 5.94. The Morgan fingerprint density at radius 2 is 1.87 bits per heavy atom. The first kappa shape index (κ1) is 25.8. The van der Waals surface area contributed by atoms with Crippen LogP contribution < -0.4 is 0 Å². The van der Waals surface area contributed by atoms with Gasteiger partial charge < -0.3 is 24.8 Å². The molecule has 1 fully saturated rings. The molecule has 31 heavy (non-hydrogen) atoms. The van der Waals surface area contributed by atoms with E-state index in [9.17, 15) is 24.9 Å². The first-order valence-electron chi connectivity index (χ1n) is 11.7. The quantitative estimate of drug-likeness (QED) is 0.353. The molecule has 9 atom stereocenters. The summed E-state index contributed by atoms with van der Waals surface area (Å²) in [5.74, 6) is -0.193. The maximum atomic E-state index is 12.5. The molecule has 3 N–H and O–H groups in total. The van der Waals surface area contributed by atoms with Gasteiger partial charge in [-0.1, -0.05) is 32.9 Å². The summed E-state index contributed by atoms with van der Waals surface area (Å²) in [4.78, 5) is 23.8. The van der Waals surface area contributed by atoms with E-state index in [1.54, 1.807) is 0 Å². The van der Waals surface area contributed by atoms with Gasteiger partial charge in [0.1, 0.15) is 6.10 Å². The van der Waals surface area contributed by atoms with E-state index in [1.807, 2.05) is 13.8 Å². The average Bonchev–Trinajstić information content (AvgIpc) is 2.72. The van der Waals surface area contributed by atoms with E-state index in [2.05, 4.69) is 23.8 Å². The van der Waals surface area contributed by atoms with Gasteiger partial charge in [-0.15, -0.1) is 0 Å². The summed E-state index contributed by atoms with van der Waals surface area (Å²) in [5.41, 5.74) is 0. The number of hydrogen-bond acceptors (Lipinski definition) is 7. The van der Waals surface area contributed by atoms with E-state index < -0.39 is 24.3 Å². The van der Waals surface area contributed by atoms with Gasteiger partial charge >= 0.3 is 11.9 Å². The Balaban J connectivity index is 2.04. The third kappa shape index (κ3) is 7.29. The lowest BCUT2D eigenvalue weighted by atomic mass is 9.62. The largest absolute Gasteiger partial charge is 0.469 e. The van der Waals surface area contributed by atoms with Crippen LogP contribution in [0.1, 0.15) is 65.7 Å². The minimum absolute atomic E-state index is 0.101. The molecule has 178 valence electrons. The van der Waals surface area contributed by atoms with Crippen molar-refractivity contribution in [3.8, 4) is 0 Å². The standard InChI is InChI=1S/C24H40O7/c1-5-14(2)24(29)31-21-12-18(26)10-16-7-6-15(3)20(23(16)21)9-8-17(25)11-19(27)13-22(28)30-4/h6-7,14-21,23,25-27H,5,8-13H2,1-4H3/t14-,15-,16-,17+,18+,19+,20-,21-,23-/m0/s1. The van der Waals surface area contributed by atoms with Gasteiger partial charge in [0, 0.05) is 12.3 Å². The minimum Gasteiger partial charge on any atom is -0.469 e. The molecule has 0 aliphatic heterocycles. The fraction of sp³-hybridized carbons (Fsp3) is 0.833. The number of carbonyl (C=O) groups is 2. The number of allylic oxidation sites excluding steroid dienone is 2. The van der Waals surface area contributed by atoms with Crippen LogP contribution in [-0.4, -0.2) is 58.8 Å². The second kappa shape index (κ2) is 12.0. The number of aliphatic hydroxyl groups excluding tert-OH is 3. The number of ether oxygens (including phenoxy) is 2. The lowest BCUT2D eigenvalue weighted by Crippen LogP contribution is -2.47. The molecule has 0 amide bonds. The summed E-state index contributed by atoms with van der Waals surface area (Å²) in [7, 11) is 1.27. The summed E-state index contributed by atoms with van der Waals surface area (Å²) >= 11 is 0. The number of carbonyl (C=O) groups excluding carboxylic acids is 2. The highest BCUT2D eigenvalue weighted by Gasteiger charge is 2.45. The number of aliphatic hydroxyl groups is 3. The van der Waals surface area contributed by atoms with Crippen molar-refractivity contribution in [2.24, 2.45) is 29.6 Å². The number of rotatable bonds is 10. The van der Waals surface area contributed by atoms with Crippen LogP contribution in [-0.2, 0) is 19.1 Å².